The Morgan fingerprint density at radius 3 is 2.44 bits per heavy atom. The molecule has 4 rings (SSSR count). The Morgan fingerprint density at radius 1 is 1.17 bits per heavy atom. The zero-order valence-corrected chi connectivity index (χ0v) is 22.1. The van der Waals surface area contributed by atoms with Crippen LogP contribution in [0.4, 0.5) is 0 Å². The van der Waals surface area contributed by atoms with Gasteiger partial charge in [-0.3, -0.25) is 9.69 Å². The highest BCUT2D eigenvalue weighted by Gasteiger charge is 2.42. The van der Waals surface area contributed by atoms with Gasteiger partial charge in [-0.2, -0.15) is 9.78 Å². The molecular weight excluding hydrogens is 494 g/mol. The van der Waals surface area contributed by atoms with Crippen molar-refractivity contribution in [2.24, 2.45) is 5.92 Å². The lowest BCUT2D eigenvalue weighted by molar-refractivity contribution is -0.147. The van der Waals surface area contributed by atoms with E-state index in [9.17, 15) is 14.7 Å². The van der Waals surface area contributed by atoms with Gasteiger partial charge in [-0.05, 0) is 50.1 Å². The molecule has 0 aliphatic carbocycles. The van der Waals surface area contributed by atoms with E-state index in [1.165, 1.54) is 4.90 Å². The summed E-state index contributed by atoms with van der Waals surface area (Å²) in [6.07, 6.45) is 2.30. The summed E-state index contributed by atoms with van der Waals surface area (Å²) >= 11 is 6.54. The van der Waals surface area contributed by atoms with Crippen LogP contribution in [0, 0.1) is 19.8 Å². The van der Waals surface area contributed by atoms with Crippen molar-refractivity contribution in [3.63, 3.8) is 0 Å². The predicted molar refractivity (Wildman–Crippen MR) is 145 cm³/mol. The molecule has 9 heteroatoms. The van der Waals surface area contributed by atoms with Gasteiger partial charge in [-0.15, -0.1) is 0 Å². The number of amides is 1. The van der Waals surface area contributed by atoms with Crippen LogP contribution < -0.4 is 4.74 Å². The fourth-order valence-electron chi connectivity index (χ4n) is 3.93. The van der Waals surface area contributed by atoms with Crippen LogP contribution in [0.5, 0.6) is 11.6 Å². The Kier molecular flexibility index (Phi) is 7.61. The van der Waals surface area contributed by atoms with Gasteiger partial charge in [-0.25, -0.2) is 4.79 Å². The highest BCUT2D eigenvalue weighted by molar-refractivity contribution is 8.26. The second-order valence-corrected chi connectivity index (χ2v) is 10.4. The van der Waals surface area contributed by atoms with Crippen molar-refractivity contribution < 1.29 is 19.4 Å². The van der Waals surface area contributed by atoms with Crippen molar-refractivity contribution in [2.45, 2.75) is 40.2 Å². The maximum absolute atomic E-state index is 13.4. The molecule has 1 aliphatic heterocycles. The fraction of sp³-hybridized carbons (Fsp3) is 0.259. The molecule has 0 radical (unpaired) electrons. The predicted octanol–water partition coefficient (Wildman–Crippen LogP) is 5.98. The van der Waals surface area contributed by atoms with Crippen LogP contribution in [0.1, 0.15) is 37.1 Å². The number of carboxylic acid groups (broad SMARTS) is 1. The van der Waals surface area contributed by atoms with E-state index in [2.05, 4.69) is 0 Å². The number of aromatic nitrogens is 2. The Balaban J connectivity index is 1.79. The van der Waals surface area contributed by atoms with E-state index in [-0.39, 0.29) is 10.2 Å². The number of aliphatic carboxylic acids is 1. The van der Waals surface area contributed by atoms with Crippen molar-refractivity contribution in [3.05, 3.63) is 76.3 Å². The standard InChI is InChI=1S/C27H27N3O4S2/c1-5-17(3)23(26(32)33)29-24(31)22(36-27(29)35)15-21-18(4)28-30(19-9-7-6-8-10-19)25(21)34-20-13-11-16(2)12-14-20/h6-15,17,23H,5H2,1-4H3,(H,32,33)/b22-15-/t17?,23-/m0/s1. The van der Waals surface area contributed by atoms with Crippen LogP contribution in [0.3, 0.4) is 0 Å². The van der Waals surface area contributed by atoms with Gasteiger partial charge in [-0.1, -0.05) is 80.1 Å². The number of nitrogens with zero attached hydrogens (tertiary/aromatic N) is 3. The number of carboxylic acids is 1. The second-order valence-electron chi connectivity index (χ2n) is 8.69. The third-order valence-corrected chi connectivity index (χ3v) is 7.44. The van der Waals surface area contributed by atoms with E-state index in [0.717, 1.165) is 23.0 Å². The number of aryl methyl sites for hydroxylation is 2. The number of thioether (sulfide) groups is 1. The Bertz CT molecular complexity index is 1330. The Morgan fingerprint density at radius 2 is 1.83 bits per heavy atom. The summed E-state index contributed by atoms with van der Waals surface area (Å²) in [5, 5.41) is 14.5. The van der Waals surface area contributed by atoms with Crippen LogP contribution in [0.15, 0.2) is 59.5 Å². The summed E-state index contributed by atoms with van der Waals surface area (Å²) in [6.45, 7) is 7.54. The number of thiocarbonyl (C=S) groups is 1. The molecule has 1 aromatic heterocycles. The normalized spacial score (nSPS) is 16.4. The van der Waals surface area contributed by atoms with Gasteiger partial charge in [0.25, 0.3) is 5.91 Å². The summed E-state index contributed by atoms with van der Waals surface area (Å²) in [7, 11) is 0. The van der Waals surface area contributed by atoms with Crippen molar-refractivity contribution in [1.82, 2.24) is 14.7 Å². The monoisotopic (exact) mass is 521 g/mol. The average molecular weight is 522 g/mol. The molecule has 0 bridgehead atoms. The zero-order valence-electron chi connectivity index (χ0n) is 20.5. The average Bonchev–Trinajstić information content (AvgIpc) is 3.31. The minimum absolute atomic E-state index is 0.230. The molecular formula is C27H27N3O4S2. The number of ether oxygens (including phenoxy) is 1. The number of carbonyl (C=O) groups is 2. The number of para-hydroxylation sites is 1. The van der Waals surface area contributed by atoms with Gasteiger partial charge in [0.1, 0.15) is 16.1 Å². The van der Waals surface area contributed by atoms with Gasteiger partial charge >= 0.3 is 5.97 Å². The lowest BCUT2D eigenvalue weighted by atomic mass is 9.98. The molecule has 1 saturated heterocycles. The van der Waals surface area contributed by atoms with E-state index >= 15 is 0 Å². The first-order valence-corrected chi connectivity index (χ1v) is 12.8. The molecule has 2 aromatic carbocycles. The van der Waals surface area contributed by atoms with Crippen LogP contribution >= 0.6 is 24.0 Å². The van der Waals surface area contributed by atoms with Gasteiger partial charge in [0, 0.05) is 0 Å². The lowest BCUT2D eigenvalue weighted by Gasteiger charge is -2.27. The number of hydrogen-bond donors (Lipinski definition) is 1. The lowest BCUT2D eigenvalue weighted by Crippen LogP contribution is -2.47. The molecule has 1 amide bonds. The van der Waals surface area contributed by atoms with Gasteiger partial charge in [0.15, 0.2) is 0 Å². The minimum atomic E-state index is -1.07. The third kappa shape index (κ3) is 5.08. The van der Waals surface area contributed by atoms with Crippen molar-refractivity contribution >= 4 is 46.3 Å². The molecule has 1 N–H and O–H groups in total. The van der Waals surface area contributed by atoms with Crippen molar-refractivity contribution in [2.75, 3.05) is 0 Å². The molecule has 186 valence electrons. The first-order valence-electron chi connectivity index (χ1n) is 11.6. The van der Waals surface area contributed by atoms with Crippen LogP contribution in [0.25, 0.3) is 11.8 Å². The Labute approximate surface area is 219 Å². The smallest absolute Gasteiger partial charge is 0.327 e. The SMILES string of the molecule is CCC(C)[C@@H](C(=O)O)N1C(=O)/C(=C/c2c(C)nn(-c3ccccc3)c2Oc2ccc(C)cc2)SC1=S. The molecule has 2 heterocycles. The van der Waals surface area contributed by atoms with E-state index in [4.69, 9.17) is 22.1 Å². The number of rotatable bonds is 8. The van der Waals surface area contributed by atoms with Crippen LogP contribution in [-0.2, 0) is 9.59 Å². The molecule has 3 aromatic rings. The van der Waals surface area contributed by atoms with E-state index in [0.29, 0.717) is 34.2 Å². The van der Waals surface area contributed by atoms with Gasteiger partial charge in [0.2, 0.25) is 5.88 Å². The van der Waals surface area contributed by atoms with Crippen molar-refractivity contribution in [3.8, 4) is 17.3 Å². The summed E-state index contributed by atoms with van der Waals surface area (Å²) < 4.78 is 8.23. The Hall–Kier alpha value is -3.43. The summed E-state index contributed by atoms with van der Waals surface area (Å²) in [4.78, 5) is 27.0. The summed E-state index contributed by atoms with van der Waals surface area (Å²) in [5.74, 6) is -0.677. The van der Waals surface area contributed by atoms with E-state index < -0.39 is 17.9 Å². The molecule has 1 fully saturated rings. The van der Waals surface area contributed by atoms with E-state index in [1.807, 2.05) is 82.3 Å². The van der Waals surface area contributed by atoms with Crippen molar-refractivity contribution in [1.29, 1.82) is 0 Å². The highest BCUT2D eigenvalue weighted by atomic mass is 32.2. The zero-order chi connectivity index (χ0) is 26.0. The second kappa shape index (κ2) is 10.7. The first-order chi connectivity index (χ1) is 17.2. The molecule has 0 spiro atoms. The molecule has 7 nitrogen and oxygen atoms in total. The summed E-state index contributed by atoms with van der Waals surface area (Å²) in [6, 6.07) is 16.2. The molecule has 2 atom stereocenters. The minimum Gasteiger partial charge on any atom is -0.480 e. The quantitative estimate of drug-likeness (QED) is 0.288. The van der Waals surface area contributed by atoms with Crippen LogP contribution in [-0.4, -0.2) is 42.0 Å². The molecule has 36 heavy (non-hydrogen) atoms. The van der Waals surface area contributed by atoms with E-state index in [1.54, 1.807) is 10.8 Å². The largest absolute Gasteiger partial charge is 0.480 e. The summed E-state index contributed by atoms with van der Waals surface area (Å²) in [5.41, 5.74) is 3.18. The maximum Gasteiger partial charge on any atom is 0.327 e. The highest BCUT2D eigenvalue weighted by Crippen LogP contribution is 2.39. The maximum atomic E-state index is 13.4. The topological polar surface area (TPSA) is 84.7 Å². The van der Waals surface area contributed by atoms with Crippen LogP contribution in [0.2, 0.25) is 0 Å². The molecule has 1 unspecified atom stereocenters. The van der Waals surface area contributed by atoms with Gasteiger partial charge < -0.3 is 9.84 Å². The molecule has 1 aliphatic rings. The number of carbonyl (C=O) groups excluding carboxylic acids is 1. The first kappa shape index (κ1) is 25.7. The third-order valence-electron chi connectivity index (χ3n) is 6.11. The molecule has 0 saturated carbocycles. The number of benzene rings is 2. The fourth-order valence-corrected chi connectivity index (χ4v) is 5.24. The van der Waals surface area contributed by atoms with Gasteiger partial charge in [0.05, 0.1) is 21.8 Å². The number of hydrogen-bond acceptors (Lipinski definition) is 6.